The number of nitrogens with one attached hydrogen (secondary N) is 2. The van der Waals surface area contributed by atoms with E-state index < -0.39 is 0 Å². The van der Waals surface area contributed by atoms with E-state index in [0.717, 1.165) is 47.4 Å². The zero-order chi connectivity index (χ0) is 17.2. The molecule has 0 bridgehead atoms. The summed E-state index contributed by atoms with van der Waals surface area (Å²) < 4.78 is 0. The minimum Gasteiger partial charge on any atom is -0.368 e. The van der Waals surface area contributed by atoms with Crippen molar-refractivity contribution in [1.29, 1.82) is 0 Å². The van der Waals surface area contributed by atoms with E-state index in [1.165, 1.54) is 6.08 Å². The fourth-order valence-electron chi connectivity index (χ4n) is 3.30. The van der Waals surface area contributed by atoms with Crippen molar-refractivity contribution in [3.8, 4) is 11.1 Å². The van der Waals surface area contributed by atoms with Crippen molar-refractivity contribution in [2.45, 2.75) is 12.5 Å². The molecule has 1 saturated heterocycles. The molecule has 1 aliphatic heterocycles. The molecule has 1 fully saturated rings. The Morgan fingerprint density at radius 2 is 2.36 bits per heavy atom. The van der Waals surface area contributed by atoms with Crippen molar-refractivity contribution in [3.63, 3.8) is 0 Å². The summed E-state index contributed by atoms with van der Waals surface area (Å²) in [5.41, 5.74) is 4.07. The maximum atomic E-state index is 11.5. The third kappa shape index (κ3) is 2.98. The van der Waals surface area contributed by atoms with Crippen molar-refractivity contribution >= 4 is 22.6 Å². The number of fused-ring (bicyclic) bond motifs is 1. The molecule has 0 saturated carbocycles. The molecule has 3 aromatic heterocycles. The van der Waals surface area contributed by atoms with E-state index in [4.69, 9.17) is 0 Å². The fourth-order valence-corrected chi connectivity index (χ4v) is 3.30. The van der Waals surface area contributed by atoms with Gasteiger partial charge in [0.15, 0.2) is 0 Å². The molecular weight excluding hydrogens is 314 g/mol. The molecule has 2 N–H and O–H groups in total. The van der Waals surface area contributed by atoms with Gasteiger partial charge in [0.05, 0.1) is 11.9 Å². The number of hydrogen-bond donors (Lipinski definition) is 2. The average Bonchev–Trinajstić information content (AvgIpc) is 3.28. The van der Waals surface area contributed by atoms with E-state index in [2.05, 4.69) is 37.8 Å². The first-order valence-corrected chi connectivity index (χ1v) is 8.30. The minimum absolute atomic E-state index is 0.120. The topological polar surface area (TPSA) is 73.9 Å². The quantitative estimate of drug-likeness (QED) is 0.720. The van der Waals surface area contributed by atoms with Crippen LogP contribution in [0.25, 0.3) is 22.2 Å². The maximum Gasteiger partial charge on any atom is 0.243 e. The van der Waals surface area contributed by atoms with Crippen molar-refractivity contribution in [1.82, 2.24) is 20.3 Å². The van der Waals surface area contributed by atoms with Crippen LogP contribution in [0.2, 0.25) is 0 Å². The van der Waals surface area contributed by atoms with E-state index in [-0.39, 0.29) is 11.9 Å². The largest absolute Gasteiger partial charge is 0.368 e. The Bertz CT molecular complexity index is 918. The Morgan fingerprint density at radius 3 is 3.16 bits per heavy atom. The van der Waals surface area contributed by atoms with Crippen LogP contribution in [0.1, 0.15) is 6.42 Å². The van der Waals surface area contributed by atoms with Crippen molar-refractivity contribution < 1.29 is 4.79 Å². The highest BCUT2D eigenvalue weighted by atomic mass is 16.1. The van der Waals surface area contributed by atoms with E-state index in [0.29, 0.717) is 0 Å². The summed E-state index contributed by atoms with van der Waals surface area (Å²) in [7, 11) is 0. The molecule has 0 spiro atoms. The molecule has 0 aliphatic carbocycles. The first kappa shape index (κ1) is 15.4. The second-order valence-electron chi connectivity index (χ2n) is 6.18. The van der Waals surface area contributed by atoms with Crippen LogP contribution >= 0.6 is 0 Å². The molecule has 4 heterocycles. The van der Waals surface area contributed by atoms with Gasteiger partial charge in [0, 0.05) is 54.2 Å². The van der Waals surface area contributed by atoms with Gasteiger partial charge in [0.25, 0.3) is 0 Å². The number of carbonyl (C=O) groups is 1. The van der Waals surface area contributed by atoms with E-state index in [1.54, 1.807) is 6.20 Å². The number of aromatic amines is 1. The summed E-state index contributed by atoms with van der Waals surface area (Å²) in [6.45, 7) is 5.17. The molecule has 25 heavy (non-hydrogen) atoms. The Labute approximate surface area is 145 Å². The van der Waals surface area contributed by atoms with Gasteiger partial charge < -0.3 is 15.2 Å². The van der Waals surface area contributed by atoms with Gasteiger partial charge in [-0.25, -0.2) is 4.98 Å². The maximum absolute atomic E-state index is 11.5. The summed E-state index contributed by atoms with van der Waals surface area (Å²) in [6, 6.07) is 6.27. The summed E-state index contributed by atoms with van der Waals surface area (Å²) in [4.78, 5) is 25.7. The molecule has 1 amide bonds. The summed E-state index contributed by atoms with van der Waals surface area (Å²) in [5, 5.41) is 4.04. The van der Waals surface area contributed by atoms with Crippen molar-refractivity contribution in [3.05, 3.63) is 55.6 Å². The average molecular weight is 333 g/mol. The van der Waals surface area contributed by atoms with Crippen LogP contribution in [-0.4, -0.2) is 40.0 Å². The molecule has 6 heteroatoms. The highest BCUT2D eigenvalue weighted by Crippen LogP contribution is 2.30. The Balaban J connectivity index is 1.61. The van der Waals surface area contributed by atoms with Crippen LogP contribution in [0, 0.1) is 0 Å². The predicted molar refractivity (Wildman–Crippen MR) is 98.3 cm³/mol. The van der Waals surface area contributed by atoms with Gasteiger partial charge in [-0.2, -0.15) is 0 Å². The van der Waals surface area contributed by atoms with Gasteiger partial charge >= 0.3 is 0 Å². The number of nitrogens with zero attached hydrogens (tertiary/aromatic N) is 3. The Morgan fingerprint density at radius 1 is 1.44 bits per heavy atom. The summed E-state index contributed by atoms with van der Waals surface area (Å²) in [5.74, 6) is -0.120. The lowest BCUT2D eigenvalue weighted by Gasteiger charge is -2.18. The number of pyridine rings is 2. The van der Waals surface area contributed by atoms with Crippen LogP contribution < -0.4 is 10.2 Å². The minimum atomic E-state index is -0.120. The summed E-state index contributed by atoms with van der Waals surface area (Å²) >= 11 is 0. The van der Waals surface area contributed by atoms with Crippen LogP contribution in [-0.2, 0) is 4.79 Å². The lowest BCUT2D eigenvalue weighted by Crippen LogP contribution is -2.36. The number of H-pyrrole nitrogens is 1. The molecule has 3 aromatic rings. The smallest absolute Gasteiger partial charge is 0.243 e. The molecule has 0 unspecified atom stereocenters. The van der Waals surface area contributed by atoms with E-state index in [9.17, 15) is 4.79 Å². The van der Waals surface area contributed by atoms with Crippen LogP contribution in [0.3, 0.4) is 0 Å². The molecular formula is C19H19N5O. The van der Waals surface area contributed by atoms with E-state index in [1.807, 2.05) is 30.7 Å². The SMILES string of the molecule is C=CC(=O)N[C@H]1CCN(c2cnc3[nH]cc(-c4cccnc4)c3c2)C1. The van der Waals surface area contributed by atoms with Gasteiger partial charge in [-0.3, -0.25) is 9.78 Å². The van der Waals surface area contributed by atoms with Gasteiger partial charge in [-0.05, 0) is 24.6 Å². The second kappa shape index (κ2) is 6.39. The number of rotatable bonds is 4. The highest BCUT2D eigenvalue weighted by Gasteiger charge is 2.24. The van der Waals surface area contributed by atoms with Crippen molar-refractivity contribution in [2.24, 2.45) is 0 Å². The molecule has 6 nitrogen and oxygen atoms in total. The molecule has 1 aliphatic rings. The lowest BCUT2D eigenvalue weighted by atomic mass is 10.1. The number of anilines is 1. The summed E-state index contributed by atoms with van der Waals surface area (Å²) in [6.07, 6.45) is 9.70. The zero-order valence-electron chi connectivity index (χ0n) is 13.8. The van der Waals surface area contributed by atoms with Gasteiger partial charge in [-0.1, -0.05) is 12.6 Å². The Hall–Kier alpha value is -3.15. The molecule has 1 atom stereocenters. The molecule has 0 radical (unpaired) electrons. The van der Waals surface area contributed by atoms with Crippen molar-refractivity contribution in [2.75, 3.05) is 18.0 Å². The monoisotopic (exact) mass is 333 g/mol. The lowest BCUT2D eigenvalue weighted by molar-refractivity contribution is -0.117. The van der Waals surface area contributed by atoms with Crippen LogP contribution in [0.5, 0.6) is 0 Å². The highest BCUT2D eigenvalue weighted by molar-refractivity contribution is 5.95. The van der Waals surface area contributed by atoms with Gasteiger partial charge in [-0.15, -0.1) is 0 Å². The number of hydrogen-bond acceptors (Lipinski definition) is 4. The second-order valence-corrected chi connectivity index (χ2v) is 6.18. The Kier molecular flexibility index (Phi) is 3.93. The fraction of sp³-hybridized carbons (Fsp3) is 0.211. The first-order valence-electron chi connectivity index (χ1n) is 8.30. The normalized spacial score (nSPS) is 17.0. The third-order valence-corrected chi connectivity index (χ3v) is 4.57. The standard InChI is InChI=1S/C19H19N5O/c1-2-18(25)23-14-5-7-24(12-14)15-8-16-17(11-22-19(16)21-10-15)13-4-3-6-20-9-13/h2-4,6,8-11,14H,1,5,7,12H2,(H,21,22)(H,23,25)/t14-/m0/s1. The van der Waals surface area contributed by atoms with E-state index >= 15 is 0 Å². The number of carbonyl (C=O) groups excluding carboxylic acids is 1. The predicted octanol–water partition coefficient (Wildman–Crippen LogP) is 2.51. The third-order valence-electron chi connectivity index (χ3n) is 4.57. The zero-order valence-corrected chi connectivity index (χ0v) is 13.8. The number of aromatic nitrogens is 3. The van der Waals surface area contributed by atoms with Crippen LogP contribution in [0.15, 0.2) is 55.6 Å². The molecule has 4 rings (SSSR count). The van der Waals surface area contributed by atoms with Gasteiger partial charge in [0.2, 0.25) is 5.91 Å². The number of amides is 1. The molecule has 0 aromatic carbocycles. The molecule has 126 valence electrons. The van der Waals surface area contributed by atoms with Gasteiger partial charge in [0.1, 0.15) is 5.65 Å². The van der Waals surface area contributed by atoms with Crippen LogP contribution in [0.4, 0.5) is 5.69 Å². The first-order chi connectivity index (χ1) is 12.2.